The predicted octanol–water partition coefficient (Wildman–Crippen LogP) is 1.10. The molecule has 0 radical (unpaired) electrons. The van der Waals surface area contributed by atoms with Gasteiger partial charge in [0, 0.05) is 13.2 Å². The molecule has 0 fully saturated rings. The molecular weight excluding hydrogens is 250 g/mol. The van der Waals surface area contributed by atoms with Crippen molar-refractivity contribution in [2.45, 2.75) is 26.7 Å². The van der Waals surface area contributed by atoms with Gasteiger partial charge in [0.1, 0.15) is 5.69 Å². The van der Waals surface area contributed by atoms with Gasteiger partial charge in [0.2, 0.25) is 11.8 Å². The maximum atomic E-state index is 11.0. The highest BCUT2D eigenvalue weighted by atomic mass is 16.6. The lowest BCUT2D eigenvalue weighted by atomic mass is 10.0. The van der Waals surface area contributed by atoms with Crippen LogP contribution in [0.25, 0.3) is 0 Å². The standard InChI is InChI=1S/C11H19N5O3/c1-3-8(4-5-17)6-13-10-9(16(18)19)7(2)14-11(12)15-10/h8,17H,3-6H2,1-2H3,(H3,12,13,14,15). The first kappa shape index (κ1) is 15.1. The van der Waals surface area contributed by atoms with Gasteiger partial charge in [0.15, 0.2) is 0 Å². The van der Waals surface area contributed by atoms with Gasteiger partial charge in [-0.25, -0.2) is 4.98 Å². The number of aromatic nitrogens is 2. The fourth-order valence-electron chi connectivity index (χ4n) is 1.80. The number of aliphatic hydroxyl groups excluding tert-OH is 1. The lowest BCUT2D eigenvalue weighted by Crippen LogP contribution is -2.17. The van der Waals surface area contributed by atoms with Gasteiger partial charge >= 0.3 is 5.69 Å². The number of nitrogens with one attached hydrogen (secondary N) is 1. The van der Waals surface area contributed by atoms with Crippen LogP contribution in [-0.2, 0) is 0 Å². The molecular formula is C11H19N5O3. The number of nitro groups is 1. The number of aliphatic hydroxyl groups is 1. The maximum Gasteiger partial charge on any atom is 0.332 e. The summed E-state index contributed by atoms with van der Waals surface area (Å²) >= 11 is 0. The Labute approximate surface area is 111 Å². The first-order chi connectivity index (χ1) is 8.99. The van der Waals surface area contributed by atoms with Crippen LogP contribution in [0, 0.1) is 23.0 Å². The highest BCUT2D eigenvalue weighted by molar-refractivity contribution is 5.60. The summed E-state index contributed by atoms with van der Waals surface area (Å²) in [5, 5.41) is 22.8. The third-order valence-electron chi connectivity index (χ3n) is 2.93. The molecule has 4 N–H and O–H groups in total. The molecule has 1 aromatic heterocycles. The first-order valence-electron chi connectivity index (χ1n) is 6.12. The van der Waals surface area contributed by atoms with E-state index in [1.54, 1.807) is 0 Å². The quantitative estimate of drug-likeness (QED) is 0.499. The number of nitrogens with zero attached hydrogens (tertiary/aromatic N) is 3. The van der Waals surface area contributed by atoms with Crippen molar-refractivity contribution >= 4 is 17.5 Å². The minimum absolute atomic E-state index is 0.000747. The average molecular weight is 269 g/mol. The SMILES string of the molecule is CCC(CCO)CNc1nc(N)nc(C)c1[N+](=O)[O-]. The van der Waals surface area contributed by atoms with E-state index in [2.05, 4.69) is 15.3 Å². The number of anilines is 2. The average Bonchev–Trinajstić information content (AvgIpc) is 2.32. The van der Waals surface area contributed by atoms with E-state index >= 15 is 0 Å². The van der Waals surface area contributed by atoms with Gasteiger partial charge in [-0.05, 0) is 19.3 Å². The molecule has 19 heavy (non-hydrogen) atoms. The molecule has 0 amide bonds. The summed E-state index contributed by atoms with van der Waals surface area (Å²) in [6.45, 7) is 4.10. The molecule has 0 aliphatic rings. The third-order valence-corrected chi connectivity index (χ3v) is 2.93. The summed E-state index contributed by atoms with van der Waals surface area (Å²) in [5.41, 5.74) is 5.57. The second kappa shape index (κ2) is 6.83. The number of hydrogen-bond donors (Lipinski definition) is 3. The minimum Gasteiger partial charge on any atom is -0.396 e. The summed E-state index contributed by atoms with van der Waals surface area (Å²) < 4.78 is 0. The van der Waals surface area contributed by atoms with Gasteiger partial charge in [-0.2, -0.15) is 4.98 Å². The predicted molar refractivity (Wildman–Crippen MR) is 71.8 cm³/mol. The van der Waals surface area contributed by atoms with Crippen LogP contribution < -0.4 is 11.1 Å². The van der Waals surface area contributed by atoms with E-state index < -0.39 is 4.92 Å². The number of aryl methyl sites for hydroxylation is 1. The summed E-state index contributed by atoms with van der Waals surface area (Å²) in [6, 6.07) is 0. The van der Waals surface area contributed by atoms with Crippen LogP contribution in [0.4, 0.5) is 17.5 Å². The second-order valence-corrected chi connectivity index (χ2v) is 4.29. The van der Waals surface area contributed by atoms with E-state index in [1.165, 1.54) is 6.92 Å². The largest absolute Gasteiger partial charge is 0.396 e. The molecule has 0 saturated carbocycles. The van der Waals surface area contributed by atoms with Crippen molar-refractivity contribution in [1.29, 1.82) is 0 Å². The zero-order chi connectivity index (χ0) is 14.4. The van der Waals surface area contributed by atoms with Crippen LogP contribution in [-0.4, -0.2) is 33.1 Å². The molecule has 1 unspecified atom stereocenters. The van der Waals surface area contributed by atoms with Crippen LogP contribution in [0.5, 0.6) is 0 Å². The Morgan fingerprint density at radius 3 is 2.74 bits per heavy atom. The number of nitrogen functional groups attached to an aromatic ring is 1. The molecule has 0 spiro atoms. The Bertz CT molecular complexity index is 452. The molecule has 0 aliphatic carbocycles. The van der Waals surface area contributed by atoms with Gasteiger partial charge in [-0.15, -0.1) is 0 Å². The molecule has 1 aromatic rings. The van der Waals surface area contributed by atoms with Crippen molar-refractivity contribution in [3.63, 3.8) is 0 Å². The van der Waals surface area contributed by atoms with E-state index in [4.69, 9.17) is 10.8 Å². The van der Waals surface area contributed by atoms with Crippen molar-refractivity contribution in [2.24, 2.45) is 5.92 Å². The van der Waals surface area contributed by atoms with Crippen LogP contribution in [0.2, 0.25) is 0 Å². The Morgan fingerprint density at radius 2 is 2.21 bits per heavy atom. The van der Waals surface area contributed by atoms with Gasteiger partial charge in [0.25, 0.3) is 0 Å². The zero-order valence-electron chi connectivity index (χ0n) is 11.1. The summed E-state index contributed by atoms with van der Waals surface area (Å²) in [5.74, 6) is 0.355. The number of nitrogens with two attached hydrogens (primary N) is 1. The van der Waals surface area contributed by atoms with Crippen molar-refractivity contribution in [3.05, 3.63) is 15.8 Å². The molecule has 0 aromatic carbocycles. The molecule has 1 atom stereocenters. The maximum absolute atomic E-state index is 11.0. The Morgan fingerprint density at radius 1 is 1.53 bits per heavy atom. The lowest BCUT2D eigenvalue weighted by Gasteiger charge is -2.15. The van der Waals surface area contributed by atoms with E-state index in [0.29, 0.717) is 13.0 Å². The number of rotatable bonds is 7. The molecule has 0 aliphatic heterocycles. The minimum atomic E-state index is -0.524. The Balaban J connectivity index is 2.90. The molecule has 1 rings (SSSR count). The van der Waals surface area contributed by atoms with E-state index in [-0.39, 0.29) is 35.7 Å². The van der Waals surface area contributed by atoms with Gasteiger partial charge in [0.05, 0.1) is 4.92 Å². The molecule has 106 valence electrons. The second-order valence-electron chi connectivity index (χ2n) is 4.29. The van der Waals surface area contributed by atoms with Crippen LogP contribution >= 0.6 is 0 Å². The van der Waals surface area contributed by atoms with Crippen molar-refractivity contribution in [3.8, 4) is 0 Å². The fourth-order valence-corrected chi connectivity index (χ4v) is 1.80. The topological polar surface area (TPSA) is 127 Å². The Hall–Kier alpha value is -1.96. The number of hydrogen-bond acceptors (Lipinski definition) is 7. The van der Waals surface area contributed by atoms with Gasteiger partial charge in [-0.3, -0.25) is 10.1 Å². The molecule has 8 heteroatoms. The van der Waals surface area contributed by atoms with Crippen molar-refractivity contribution < 1.29 is 10.0 Å². The van der Waals surface area contributed by atoms with Gasteiger partial charge < -0.3 is 16.2 Å². The molecule has 1 heterocycles. The summed E-state index contributed by atoms with van der Waals surface area (Å²) in [4.78, 5) is 18.1. The highest BCUT2D eigenvalue weighted by Crippen LogP contribution is 2.26. The summed E-state index contributed by atoms with van der Waals surface area (Å²) in [6.07, 6.45) is 1.50. The molecule has 0 saturated heterocycles. The summed E-state index contributed by atoms with van der Waals surface area (Å²) in [7, 11) is 0. The highest BCUT2D eigenvalue weighted by Gasteiger charge is 2.21. The van der Waals surface area contributed by atoms with Crippen LogP contribution in [0.1, 0.15) is 25.5 Å². The van der Waals surface area contributed by atoms with E-state index in [0.717, 1.165) is 6.42 Å². The van der Waals surface area contributed by atoms with E-state index in [1.807, 2.05) is 6.92 Å². The van der Waals surface area contributed by atoms with Crippen molar-refractivity contribution in [1.82, 2.24) is 9.97 Å². The van der Waals surface area contributed by atoms with Crippen LogP contribution in [0.15, 0.2) is 0 Å². The third kappa shape index (κ3) is 4.02. The normalized spacial score (nSPS) is 12.2. The Kier molecular flexibility index (Phi) is 5.43. The molecule has 8 nitrogen and oxygen atoms in total. The van der Waals surface area contributed by atoms with Crippen LogP contribution in [0.3, 0.4) is 0 Å². The molecule has 0 bridgehead atoms. The van der Waals surface area contributed by atoms with Gasteiger partial charge in [-0.1, -0.05) is 13.3 Å². The smallest absolute Gasteiger partial charge is 0.332 e. The van der Waals surface area contributed by atoms with E-state index in [9.17, 15) is 10.1 Å². The van der Waals surface area contributed by atoms with Crippen molar-refractivity contribution in [2.75, 3.05) is 24.2 Å². The zero-order valence-corrected chi connectivity index (χ0v) is 11.1. The lowest BCUT2D eigenvalue weighted by molar-refractivity contribution is -0.385. The first-order valence-corrected chi connectivity index (χ1v) is 6.12. The fraction of sp³-hybridized carbons (Fsp3) is 0.636. The monoisotopic (exact) mass is 269 g/mol.